The van der Waals surface area contributed by atoms with Crippen molar-refractivity contribution in [1.82, 2.24) is 0 Å². The SMILES string of the molecule is O=C(Oc1ccc(Cl)cc1Cl)C(I)=C(I)I. The summed E-state index contributed by atoms with van der Waals surface area (Å²) < 4.78 is 6.48. The predicted molar refractivity (Wildman–Crippen MR) is 91.2 cm³/mol. The number of esters is 1. The highest BCUT2D eigenvalue weighted by molar-refractivity contribution is 14.2. The van der Waals surface area contributed by atoms with Crippen LogP contribution in [0.4, 0.5) is 0 Å². The molecule has 0 heterocycles. The molecule has 0 aliphatic carbocycles. The van der Waals surface area contributed by atoms with Crippen molar-refractivity contribution in [3.8, 4) is 5.75 Å². The molecule has 16 heavy (non-hydrogen) atoms. The van der Waals surface area contributed by atoms with Crippen LogP contribution in [0.1, 0.15) is 0 Å². The Balaban J connectivity index is 2.90. The Morgan fingerprint density at radius 2 is 1.81 bits per heavy atom. The van der Waals surface area contributed by atoms with Gasteiger partial charge in [-0.25, -0.2) is 4.79 Å². The number of carbonyl (C=O) groups excluding carboxylic acids is 1. The van der Waals surface area contributed by atoms with Crippen LogP contribution >= 0.6 is 91.0 Å². The molecule has 0 amide bonds. The third-order valence-electron chi connectivity index (χ3n) is 1.44. The smallest absolute Gasteiger partial charge is 0.351 e. The first kappa shape index (κ1) is 15.3. The minimum atomic E-state index is -0.427. The summed E-state index contributed by atoms with van der Waals surface area (Å²) in [7, 11) is 0. The second-order valence-corrected chi connectivity index (χ2v) is 8.68. The topological polar surface area (TPSA) is 26.3 Å². The highest BCUT2D eigenvalue weighted by Crippen LogP contribution is 2.31. The van der Waals surface area contributed by atoms with Crippen molar-refractivity contribution in [3.63, 3.8) is 0 Å². The van der Waals surface area contributed by atoms with Crippen LogP contribution in [0, 0.1) is 0 Å². The van der Waals surface area contributed by atoms with Crippen LogP contribution < -0.4 is 4.74 Å². The first-order valence-corrected chi connectivity index (χ1v) is 7.79. The van der Waals surface area contributed by atoms with Crippen molar-refractivity contribution in [3.05, 3.63) is 33.4 Å². The van der Waals surface area contributed by atoms with E-state index in [1.54, 1.807) is 12.1 Å². The maximum atomic E-state index is 11.6. The lowest BCUT2D eigenvalue weighted by Crippen LogP contribution is -2.08. The fourth-order valence-electron chi connectivity index (χ4n) is 0.780. The van der Waals surface area contributed by atoms with Crippen molar-refractivity contribution in [2.24, 2.45) is 0 Å². The zero-order valence-corrected chi connectivity index (χ0v) is 15.4. The Labute approximate surface area is 144 Å². The van der Waals surface area contributed by atoms with Gasteiger partial charge in [0.15, 0.2) is 0 Å². The van der Waals surface area contributed by atoms with Crippen LogP contribution in [-0.2, 0) is 4.79 Å². The average molecular weight is 595 g/mol. The largest absolute Gasteiger partial charge is 0.421 e. The molecule has 0 saturated heterocycles. The Hall–Kier alpha value is 1.20. The van der Waals surface area contributed by atoms with Crippen LogP contribution in [0.25, 0.3) is 0 Å². The fraction of sp³-hybridized carbons (Fsp3) is 0. The molecule has 0 aliphatic rings. The van der Waals surface area contributed by atoms with Crippen molar-refractivity contribution in [2.75, 3.05) is 0 Å². The molecule has 7 heteroatoms. The zero-order chi connectivity index (χ0) is 12.3. The molecule has 0 N–H and O–H groups in total. The minimum absolute atomic E-state index is 0.305. The molecule has 2 nitrogen and oxygen atoms in total. The molecule has 0 atom stereocenters. The maximum absolute atomic E-state index is 11.6. The number of hydrogen-bond acceptors (Lipinski definition) is 2. The number of benzene rings is 1. The number of rotatable bonds is 2. The Bertz CT molecular complexity index is 456. The van der Waals surface area contributed by atoms with Gasteiger partial charge in [0.2, 0.25) is 0 Å². The van der Waals surface area contributed by atoms with Crippen molar-refractivity contribution < 1.29 is 9.53 Å². The summed E-state index contributed by atoms with van der Waals surface area (Å²) >= 11 is 17.6. The molecule has 0 aromatic heterocycles. The fourth-order valence-corrected chi connectivity index (χ4v) is 1.78. The summed E-state index contributed by atoms with van der Waals surface area (Å²) in [6, 6.07) is 4.70. The highest BCUT2D eigenvalue weighted by atomic mass is 127. The standard InChI is InChI=1S/C9H3Cl2I3O2/c10-4-1-2-6(5(11)3-4)16-9(15)7(12)8(13)14/h1-3H. The lowest BCUT2D eigenvalue weighted by Gasteiger charge is -2.05. The molecular weight excluding hydrogens is 592 g/mol. The predicted octanol–water partition coefficient (Wildman–Crippen LogP) is 5.37. The van der Waals surface area contributed by atoms with E-state index in [1.807, 2.05) is 67.8 Å². The third kappa shape index (κ3) is 4.46. The van der Waals surface area contributed by atoms with Gasteiger partial charge in [0, 0.05) is 5.02 Å². The number of hydrogen-bond donors (Lipinski definition) is 0. The van der Waals surface area contributed by atoms with E-state index in [4.69, 9.17) is 27.9 Å². The van der Waals surface area contributed by atoms with E-state index in [-0.39, 0.29) is 0 Å². The number of carbonyl (C=O) groups is 1. The van der Waals surface area contributed by atoms with Crippen LogP contribution in [0.3, 0.4) is 0 Å². The Morgan fingerprint density at radius 3 is 2.31 bits per heavy atom. The summed E-state index contributed by atoms with van der Waals surface area (Å²) in [5.41, 5.74) is 0. The van der Waals surface area contributed by atoms with Crippen LogP contribution in [-0.4, -0.2) is 5.97 Å². The van der Waals surface area contributed by atoms with E-state index in [1.165, 1.54) is 6.07 Å². The van der Waals surface area contributed by atoms with Gasteiger partial charge in [-0.2, -0.15) is 0 Å². The van der Waals surface area contributed by atoms with Crippen molar-refractivity contribution >= 4 is 96.9 Å². The summed E-state index contributed by atoms with van der Waals surface area (Å²) in [6.07, 6.45) is 0. The molecule has 0 spiro atoms. The van der Waals surface area contributed by atoms with Gasteiger partial charge in [-0.05, 0) is 86.0 Å². The lowest BCUT2D eigenvalue weighted by molar-refractivity contribution is -0.129. The molecule has 0 saturated carbocycles. The van der Waals surface area contributed by atoms with E-state index >= 15 is 0 Å². The van der Waals surface area contributed by atoms with Gasteiger partial charge in [0.25, 0.3) is 0 Å². The molecule has 1 rings (SSSR count). The second kappa shape index (κ2) is 6.95. The lowest BCUT2D eigenvalue weighted by atomic mass is 10.3. The van der Waals surface area contributed by atoms with Gasteiger partial charge in [-0.15, -0.1) is 0 Å². The highest BCUT2D eigenvalue weighted by Gasteiger charge is 2.14. The van der Waals surface area contributed by atoms with Crippen LogP contribution in [0.2, 0.25) is 10.0 Å². The molecule has 0 bridgehead atoms. The molecule has 1 aromatic carbocycles. The van der Waals surface area contributed by atoms with Gasteiger partial charge in [0.05, 0.1) is 6.61 Å². The zero-order valence-electron chi connectivity index (χ0n) is 7.44. The molecule has 1 aromatic rings. The second-order valence-electron chi connectivity index (χ2n) is 2.54. The third-order valence-corrected chi connectivity index (χ3v) is 6.09. The first-order valence-electron chi connectivity index (χ1n) is 3.80. The van der Waals surface area contributed by atoms with Crippen molar-refractivity contribution in [2.45, 2.75) is 0 Å². The van der Waals surface area contributed by atoms with E-state index < -0.39 is 5.97 Å². The number of ether oxygens (including phenoxy) is 1. The van der Waals surface area contributed by atoms with Gasteiger partial charge in [0.1, 0.15) is 9.33 Å². The molecule has 0 aliphatic heterocycles. The summed E-state index contributed by atoms with van der Waals surface area (Å²) in [6.45, 7) is 0. The molecule has 86 valence electrons. The van der Waals surface area contributed by atoms with E-state index in [2.05, 4.69) is 0 Å². The van der Waals surface area contributed by atoms with Gasteiger partial charge < -0.3 is 4.74 Å². The summed E-state index contributed by atoms with van der Waals surface area (Å²) in [5, 5.41) is 0.812. The molecular formula is C9H3Cl2I3O2. The first-order chi connectivity index (χ1) is 7.41. The average Bonchev–Trinajstić information content (AvgIpc) is 2.20. The molecule has 0 fully saturated rings. The monoisotopic (exact) mass is 594 g/mol. The normalized spacial score (nSPS) is 9.81. The van der Waals surface area contributed by atoms with Crippen molar-refractivity contribution in [1.29, 1.82) is 0 Å². The van der Waals surface area contributed by atoms with Gasteiger partial charge in [-0.3, -0.25) is 0 Å². The Morgan fingerprint density at radius 1 is 1.19 bits per heavy atom. The van der Waals surface area contributed by atoms with E-state index in [0.717, 1.165) is 1.59 Å². The van der Waals surface area contributed by atoms with E-state index in [9.17, 15) is 4.79 Å². The minimum Gasteiger partial charge on any atom is -0.421 e. The molecule has 0 unspecified atom stereocenters. The van der Waals surface area contributed by atoms with E-state index in [0.29, 0.717) is 19.4 Å². The molecule has 0 radical (unpaired) electrons. The van der Waals surface area contributed by atoms with Crippen LogP contribution in [0.5, 0.6) is 5.75 Å². The Kier molecular flexibility index (Phi) is 6.63. The summed E-state index contributed by atoms with van der Waals surface area (Å²) in [5.74, 6) is -0.122. The number of halogens is 5. The van der Waals surface area contributed by atoms with Gasteiger partial charge >= 0.3 is 5.97 Å². The van der Waals surface area contributed by atoms with Gasteiger partial charge in [-0.1, -0.05) is 23.2 Å². The maximum Gasteiger partial charge on any atom is 0.351 e. The van der Waals surface area contributed by atoms with Crippen LogP contribution in [0.15, 0.2) is 23.4 Å². The quantitative estimate of drug-likeness (QED) is 0.199. The summed E-state index contributed by atoms with van der Waals surface area (Å²) in [4.78, 5) is 11.6.